The molecule has 0 bridgehead atoms. The molecule has 2 aromatic carbocycles. The van der Waals surface area contributed by atoms with Gasteiger partial charge in [-0.1, -0.05) is 38.1 Å². The molecule has 1 saturated heterocycles. The number of ether oxygens (including phenoxy) is 2. The van der Waals surface area contributed by atoms with Crippen LogP contribution in [0.2, 0.25) is 0 Å². The molecule has 2 aromatic heterocycles. The lowest BCUT2D eigenvalue weighted by molar-refractivity contribution is -0.118. The largest absolute Gasteiger partial charge is 0.444 e. The van der Waals surface area contributed by atoms with Gasteiger partial charge in [-0.15, -0.1) is 0 Å². The molecule has 0 radical (unpaired) electrons. The minimum atomic E-state index is -0.547. The summed E-state index contributed by atoms with van der Waals surface area (Å²) in [6.45, 7) is 12.5. The van der Waals surface area contributed by atoms with Crippen LogP contribution in [0.5, 0.6) is 11.6 Å². The third kappa shape index (κ3) is 7.24. The number of amides is 2. The lowest BCUT2D eigenvalue weighted by Crippen LogP contribution is -2.47. The van der Waals surface area contributed by atoms with E-state index in [1.807, 2.05) is 90.1 Å². The van der Waals surface area contributed by atoms with E-state index in [0.29, 0.717) is 41.9 Å². The first-order chi connectivity index (χ1) is 21.0. The SMILES string of the molecule is Cc1ccc2c(NC(=O)C(C)C)cccc2c1Oc1ncccc1-c1ccnc(N[C@H]2CCCN(C(=O)OC(C)(C)C)C2)n1. The summed E-state index contributed by atoms with van der Waals surface area (Å²) in [5, 5.41) is 8.17. The number of fused-ring (bicyclic) bond motifs is 1. The highest BCUT2D eigenvalue weighted by Crippen LogP contribution is 2.38. The highest BCUT2D eigenvalue weighted by Gasteiger charge is 2.28. The minimum absolute atomic E-state index is 0.0140. The molecule has 1 aliphatic heterocycles. The van der Waals surface area contributed by atoms with E-state index in [1.165, 1.54) is 0 Å². The number of carbonyl (C=O) groups is 2. The Kier molecular flexibility index (Phi) is 8.98. The van der Waals surface area contributed by atoms with Gasteiger partial charge < -0.3 is 25.0 Å². The number of aromatic nitrogens is 3. The van der Waals surface area contributed by atoms with E-state index in [2.05, 4.69) is 20.6 Å². The Morgan fingerprint density at radius 2 is 1.82 bits per heavy atom. The van der Waals surface area contributed by atoms with Crippen LogP contribution in [0, 0.1) is 12.8 Å². The van der Waals surface area contributed by atoms with E-state index in [4.69, 9.17) is 14.5 Å². The number of hydrogen-bond donors (Lipinski definition) is 2. The molecule has 2 amide bonds. The van der Waals surface area contributed by atoms with Crippen LogP contribution in [0.15, 0.2) is 60.9 Å². The second-order valence-corrected chi connectivity index (χ2v) is 12.4. The zero-order valence-electron chi connectivity index (χ0n) is 26.2. The Hall–Kier alpha value is -4.73. The number of aryl methyl sites for hydroxylation is 1. The van der Waals surface area contributed by atoms with Gasteiger partial charge >= 0.3 is 6.09 Å². The Morgan fingerprint density at radius 1 is 1.00 bits per heavy atom. The van der Waals surface area contributed by atoms with Crippen molar-refractivity contribution in [2.75, 3.05) is 23.7 Å². The maximum absolute atomic E-state index is 12.6. The van der Waals surface area contributed by atoms with Gasteiger partial charge in [-0.05, 0) is 70.4 Å². The number of pyridine rings is 1. The Bertz CT molecular complexity index is 1670. The van der Waals surface area contributed by atoms with Crippen LogP contribution in [0.1, 0.15) is 53.0 Å². The van der Waals surface area contributed by atoms with Crippen LogP contribution in [-0.4, -0.2) is 56.6 Å². The molecular formula is C34H40N6O4. The molecule has 1 fully saturated rings. The average molecular weight is 597 g/mol. The van der Waals surface area contributed by atoms with Crippen LogP contribution in [0.3, 0.4) is 0 Å². The van der Waals surface area contributed by atoms with Gasteiger partial charge in [0, 0.05) is 53.9 Å². The molecular weight excluding hydrogens is 556 g/mol. The fourth-order valence-electron chi connectivity index (χ4n) is 5.07. The van der Waals surface area contributed by atoms with Gasteiger partial charge in [-0.2, -0.15) is 0 Å². The van der Waals surface area contributed by atoms with Crippen molar-refractivity contribution in [1.82, 2.24) is 19.9 Å². The average Bonchev–Trinajstić information content (AvgIpc) is 2.98. The van der Waals surface area contributed by atoms with E-state index in [-0.39, 0.29) is 24.0 Å². The third-order valence-corrected chi connectivity index (χ3v) is 7.30. The predicted octanol–water partition coefficient (Wildman–Crippen LogP) is 7.20. The van der Waals surface area contributed by atoms with Crippen molar-refractivity contribution >= 4 is 34.4 Å². The molecule has 4 aromatic rings. The van der Waals surface area contributed by atoms with Crippen molar-refractivity contribution in [3.8, 4) is 22.9 Å². The minimum Gasteiger partial charge on any atom is -0.444 e. The van der Waals surface area contributed by atoms with Gasteiger partial charge in [0.15, 0.2) is 0 Å². The Balaban J connectivity index is 1.39. The highest BCUT2D eigenvalue weighted by atomic mass is 16.6. The normalized spacial score (nSPS) is 15.2. The molecule has 10 nitrogen and oxygen atoms in total. The quantitative estimate of drug-likeness (QED) is 0.230. The van der Waals surface area contributed by atoms with Gasteiger partial charge in [-0.25, -0.2) is 19.7 Å². The summed E-state index contributed by atoms with van der Waals surface area (Å²) in [7, 11) is 0. The van der Waals surface area contributed by atoms with Gasteiger partial charge in [0.05, 0.1) is 11.3 Å². The van der Waals surface area contributed by atoms with Crippen LogP contribution >= 0.6 is 0 Å². The number of rotatable bonds is 7. The number of hydrogen-bond acceptors (Lipinski definition) is 8. The second-order valence-electron chi connectivity index (χ2n) is 12.4. The summed E-state index contributed by atoms with van der Waals surface area (Å²) in [5.41, 5.74) is 2.46. The first kappa shape index (κ1) is 30.7. The molecule has 2 N–H and O–H groups in total. The highest BCUT2D eigenvalue weighted by molar-refractivity contribution is 6.05. The molecule has 230 valence electrons. The standard InChI is InChI=1S/C34H40N6O4/c1-21(2)30(41)38-27-13-7-11-25-24(27)15-14-22(3)29(25)43-31-26(12-8-17-35-31)28-16-18-36-32(39-28)37-23-10-9-19-40(20-23)33(42)44-34(4,5)6/h7-8,11-18,21,23H,9-10,19-20H2,1-6H3,(H,38,41)(H,36,37,39)/t23-/m0/s1. The summed E-state index contributed by atoms with van der Waals surface area (Å²) < 4.78 is 12.1. The Labute approximate surface area is 258 Å². The lowest BCUT2D eigenvalue weighted by atomic mass is 10.0. The van der Waals surface area contributed by atoms with E-state index in [1.54, 1.807) is 17.3 Å². The predicted molar refractivity (Wildman–Crippen MR) is 172 cm³/mol. The maximum Gasteiger partial charge on any atom is 0.410 e. The molecule has 10 heteroatoms. The number of anilines is 2. The van der Waals surface area contributed by atoms with Crippen LogP contribution in [-0.2, 0) is 9.53 Å². The molecule has 0 unspecified atom stereocenters. The second kappa shape index (κ2) is 12.9. The number of nitrogens with one attached hydrogen (secondary N) is 2. The maximum atomic E-state index is 12.6. The van der Waals surface area contributed by atoms with E-state index in [0.717, 1.165) is 34.9 Å². The summed E-state index contributed by atoms with van der Waals surface area (Å²) in [6.07, 6.45) is 4.80. The van der Waals surface area contributed by atoms with E-state index in [9.17, 15) is 9.59 Å². The Morgan fingerprint density at radius 3 is 2.59 bits per heavy atom. The number of likely N-dealkylation sites (tertiary alicyclic amines) is 1. The number of nitrogens with zero attached hydrogens (tertiary/aromatic N) is 4. The number of benzene rings is 2. The topological polar surface area (TPSA) is 119 Å². The smallest absolute Gasteiger partial charge is 0.410 e. The molecule has 5 rings (SSSR count). The molecule has 1 atom stereocenters. The molecule has 0 saturated carbocycles. The van der Waals surface area contributed by atoms with Crippen molar-refractivity contribution in [3.63, 3.8) is 0 Å². The summed E-state index contributed by atoms with van der Waals surface area (Å²) >= 11 is 0. The van der Waals surface area contributed by atoms with Crippen molar-refractivity contribution < 1.29 is 19.1 Å². The summed E-state index contributed by atoms with van der Waals surface area (Å²) in [5.74, 6) is 1.32. The van der Waals surface area contributed by atoms with Gasteiger partial charge in [0.1, 0.15) is 11.4 Å². The van der Waals surface area contributed by atoms with Gasteiger partial charge in [-0.3, -0.25) is 4.79 Å². The monoisotopic (exact) mass is 596 g/mol. The van der Waals surface area contributed by atoms with E-state index >= 15 is 0 Å². The fraction of sp³-hybridized carbons (Fsp3) is 0.382. The van der Waals surface area contributed by atoms with Crippen LogP contribution in [0.25, 0.3) is 22.0 Å². The molecule has 1 aliphatic rings. The molecule has 0 spiro atoms. The van der Waals surface area contributed by atoms with Crippen molar-refractivity contribution in [2.24, 2.45) is 5.92 Å². The summed E-state index contributed by atoms with van der Waals surface area (Å²) in [4.78, 5) is 40.6. The molecule has 44 heavy (non-hydrogen) atoms. The zero-order valence-corrected chi connectivity index (χ0v) is 26.2. The zero-order chi connectivity index (χ0) is 31.4. The van der Waals surface area contributed by atoms with Crippen molar-refractivity contribution in [3.05, 3.63) is 66.5 Å². The van der Waals surface area contributed by atoms with Crippen molar-refractivity contribution in [1.29, 1.82) is 0 Å². The molecule has 3 heterocycles. The van der Waals surface area contributed by atoms with Gasteiger partial charge in [0.2, 0.25) is 17.7 Å². The van der Waals surface area contributed by atoms with E-state index < -0.39 is 5.60 Å². The lowest BCUT2D eigenvalue weighted by Gasteiger charge is -2.34. The first-order valence-electron chi connectivity index (χ1n) is 15.0. The molecule has 0 aliphatic carbocycles. The first-order valence-corrected chi connectivity index (χ1v) is 15.0. The van der Waals surface area contributed by atoms with Crippen molar-refractivity contribution in [2.45, 2.75) is 66.0 Å². The van der Waals surface area contributed by atoms with Crippen LogP contribution in [0.4, 0.5) is 16.4 Å². The third-order valence-electron chi connectivity index (χ3n) is 7.30. The number of piperidine rings is 1. The van der Waals surface area contributed by atoms with Gasteiger partial charge in [0.25, 0.3) is 0 Å². The van der Waals surface area contributed by atoms with Crippen LogP contribution < -0.4 is 15.4 Å². The summed E-state index contributed by atoms with van der Waals surface area (Å²) in [6, 6.07) is 15.3. The fourth-order valence-corrected chi connectivity index (χ4v) is 5.07. The number of carbonyl (C=O) groups excluding carboxylic acids is 2.